The molecule has 0 amide bonds. The summed E-state index contributed by atoms with van der Waals surface area (Å²) in [6, 6.07) is 20.6. The molecule has 0 unspecified atom stereocenters. The summed E-state index contributed by atoms with van der Waals surface area (Å²) in [4.78, 5) is 4.37. The van der Waals surface area contributed by atoms with Crippen LogP contribution in [-0.2, 0) is 0 Å². The number of hydrogen-bond donors (Lipinski definition) is 1. The smallest absolute Gasteiger partial charge is 0.130 e. The fourth-order valence-electron chi connectivity index (χ4n) is 2.22. The van der Waals surface area contributed by atoms with E-state index in [-0.39, 0.29) is 0 Å². The Kier molecular flexibility index (Phi) is 4.02. The first-order valence-electron chi connectivity index (χ1n) is 6.77. The third-order valence-electron chi connectivity index (χ3n) is 3.24. The van der Waals surface area contributed by atoms with Crippen LogP contribution in [0.1, 0.15) is 5.56 Å². The fourth-order valence-corrected chi connectivity index (χ4v) is 2.59. The molecule has 0 aliphatic rings. The van der Waals surface area contributed by atoms with E-state index in [2.05, 4.69) is 57.4 Å². The average molecular weight is 339 g/mol. The molecule has 3 heteroatoms. The fraction of sp³-hybridized carbons (Fsp3) is 0.0556. The molecule has 0 saturated carbocycles. The number of rotatable bonds is 3. The topological polar surface area (TPSA) is 24.9 Å². The van der Waals surface area contributed by atoms with Crippen molar-refractivity contribution < 1.29 is 0 Å². The van der Waals surface area contributed by atoms with Gasteiger partial charge in [0.15, 0.2) is 0 Å². The standard InChI is InChI=1S/C18H15BrN2/c1-13-9-10-20-18(11-13)21-17-8-7-15(19)12-16(17)14-5-3-2-4-6-14/h2-12H,1H3,(H,20,21). The van der Waals surface area contributed by atoms with E-state index >= 15 is 0 Å². The molecule has 21 heavy (non-hydrogen) atoms. The molecule has 0 aliphatic carbocycles. The van der Waals surface area contributed by atoms with Crippen LogP contribution in [0.4, 0.5) is 11.5 Å². The number of nitrogens with zero attached hydrogens (tertiary/aromatic N) is 1. The lowest BCUT2D eigenvalue weighted by atomic mass is 10.0. The molecule has 0 aliphatic heterocycles. The Labute approximate surface area is 133 Å². The van der Waals surface area contributed by atoms with Gasteiger partial charge in [0.2, 0.25) is 0 Å². The number of benzene rings is 2. The molecule has 3 aromatic rings. The van der Waals surface area contributed by atoms with Crippen molar-refractivity contribution >= 4 is 27.4 Å². The van der Waals surface area contributed by atoms with E-state index < -0.39 is 0 Å². The van der Waals surface area contributed by atoms with Crippen molar-refractivity contribution in [1.82, 2.24) is 4.98 Å². The SMILES string of the molecule is Cc1ccnc(Nc2ccc(Br)cc2-c2ccccc2)c1. The van der Waals surface area contributed by atoms with E-state index in [1.54, 1.807) is 0 Å². The minimum atomic E-state index is 0.856. The highest BCUT2D eigenvalue weighted by Crippen LogP contribution is 2.32. The number of anilines is 2. The van der Waals surface area contributed by atoms with Crippen LogP contribution >= 0.6 is 15.9 Å². The molecular weight excluding hydrogens is 324 g/mol. The van der Waals surface area contributed by atoms with Gasteiger partial charge in [0, 0.05) is 21.9 Å². The Balaban J connectivity index is 2.03. The van der Waals surface area contributed by atoms with Crippen molar-refractivity contribution in [2.75, 3.05) is 5.32 Å². The van der Waals surface area contributed by atoms with Crippen molar-refractivity contribution in [1.29, 1.82) is 0 Å². The van der Waals surface area contributed by atoms with Gasteiger partial charge in [-0.15, -0.1) is 0 Å². The summed E-state index contributed by atoms with van der Waals surface area (Å²) >= 11 is 3.55. The summed E-state index contributed by atoms with van der Waals surface area (Å²) in [5, 5.41) is 3.41. The van der Waals surface area contributed by atoms with Crippen molar-refractivity contribution in [3.05, 3.63) is 76.9 Å². The highest BCUT2D eigenvalue weighted by molar-refractivity contribution is 9.10. The Hall–Kier alpha value is -2.13. The van der Waals surface area contributed by atoms with Crippen LogP contribution in [-0.4, -0.2) is 4.98 Å². The number of hydrogen-bond acceptors (Lipinski definition) is 2. The van der Waals surface area contributed by atoms with Crippen molar-refractivity contribution in [3.63, 3.8) is 0 Å². The van der Waals surface area contributed by atoms with Gasteiger partial charge in [-0.2, -0.15) is 0 Å². The number of halogens is 1. The van der Waals surface area contributed by atoms with Gasteiger partial charge in [0.05, 0.1) is 0 Å². The normalized spacial score (nSPS) is 10.4. The Bertz CT molecular complexity index is 754. The zero-order valence-corrected chi connectivity index (χ0v) is 13.3. The number of aromatic nitrogens is 1. The Morgan fingerprint density at radius 3 is 2.52 bits per heavy atom. The van der Waals surface area contributed by atoms with E-state index in [9.17, 15) is 0 Å². The molecule has 3 rings (SSSR count). The average Bonchev–Trinajstić information content (AvgIpc) is 2.50. The lowest BCUT2D eigenvalue weighted by molar-refractivity contribution is 1.27. The van der Waals surface area contributed by atoms with Crippen molar-refractivity contribution in [2.45, 2.75) is 6.92 Å². The molecule has 0 radical (unpaired) electrons. The third-order valence-corrected chi connectivity index (χ3v) is 3.74. The lowest BCUT2D eigenvalue weighted by Gasteiger charge is -2.13. The van der Waals surface area contributed by atoms with Crippen LogP contribution < -0.4 is 5.32 Å². The number of nitrogens with one attached hydrogen (secondary N) is 1. The van der Waals surface area contributed by atoms with Crippen LogP contribution in [0, 0.1) is 6.92 Å². The van der Waals surface area contributed by atoms with Crippen molar-refractivity contribution in [2.24, 2.45) is 0 Å². The molecule has 1 aromatic heterocycles. The highest BCUT2D eigenvalue weighted by atomic mass is 79.9. The molecule has 2 aromatic carbocycles. The number of aryl methyl sites for hydroxylation is 1. The van der Waals surface area contributed by atoms with E-state index in [4.69, 9.17) is 0 Å². The maximum Gasteiger partial charge on any atom is 0.130 e. The van der Waals surface area contributed by atoms with Gasteiger partial charge >= 0.3 is 0 Å². The molecule has 2 nitrogen and oxygen atoms in total. The van der Waals surface area contributed by atoms with E-state index in [1.165, 1.54) is 11.1 Å². The van der Waals surface area contributed by atoms with Crippen LogP contribution in [0.25, 0.3) is 11.1 Å². The predicted octanol–water partition coefficient (Wildman–Crippen LogP) is 5.56. The summed E-state index contributed by atoms with van der Waals surface area (Å²) in [6.07, 6.45) is 1.82. The maximum atomic E-state index is 4.37. The lowest BCUT2D eigenvalue weighted by Crippen LogP contribution is -1.96. The van der Waals surface area contributed by atoms with E-state index in [0.29, 0.717) is 0 Å². The first-order valence-corrected chi connectivity index (χ1v) is 7.56. The van der Waals surface area contributed by atoms with Crippen LogP contribution in [0.2, 0.25) is 0 Å². The molecule has 0 saturated heterocycles. The van der Waals surface area contributed by atoms with Crippen LogP contribution in [0.3, 0.4) is 0 Å². The summed E-state index contributed by atoms with van der Waals surface area (Å²) in [6.45, 7) is 2.06. The zero-order chi connectivity index (χ0) is 14.7. The van der Waals surface area contributed by atoms with Gasteiger partial charge in [0.1, 0.15) is 5.82 Å². The molecule has 1 N–H and O–H groups in total. The van der Waals surface area contributed by atoms with E-state index in [1.807, 2.05) is 42.6 Å². The largest absolute Gasteiger partial charge is 0.340 e. The summed E-state index contributed by atoms with van der Waals surface area (Å²) in [5.74, 6) is 0.856. The first kappa shape index (κ1) is 13.8. The van der Waals surface area contributed by atoms with Crippen LogP contribution in [0.5, 0.6) is 0 Å². The van der Waals surface area contributed by atoms with Crippen LogP contribution in [0.15, 0.2) is 71.3 Å². The summed E-state index contributed by atoms with van der Waals surface area (Å²) in [7, 11) is 0. The monoisotopic (exact) mass is 338 g/mol. The molecule has 0 bridgehead atoms. The van der Waals surface area contributed by atoms with Gasteiger partial charge in [-0.1, -0.05) is 46.3 Å². The second kappa shape index (κ2) is 6.10. The van der Waals surface area contributed by atoms with Gasteiger partial charge in [-0.3, -0.25) is 0 Å². The molecular formula is C18H15BrN2. The first-order chi connectivity index (χ1) is 10.2. The summed E-state index contributed by atoms with van der Waals surface area (Å²) in [5.41, 5.74) is 4.55. The quantitative estimate of drug-likeness (QED) is 0.675. The summed E-state index contributed by atoms with van der Waals surface area (Å²) < 4.78 is 1.06. The Morgan fingerprint density at radius 2 is 1.76 bits per heavy atom. The Morgan fingerprint density at radius 1 is 0.952 bits per heavy atom. The molecule has 104 valence electrons. The van der Waals surface area contributed by atoms with Crippen molar-refractivity contribution in [3.8, 4) is 11.1 Å². The molecule has 0 atom stereocenters. The predicted molar refractivity (Wildman–Crippen MR) is 91.8 cm³/mol. The zero-order valence-electron chi connectivity index (χ0n) is 11.7. The maximum absolute atomic E-state index is 4.37. The second-order valence-corrected chi connectivity index (χ2v) is 5.82. The van der Waals surface area contributed by atoms with Gasteiger partial charge < -0.3 is 5.32 Å². The second-order valence-electron chi connectivity index (χ2n) is 4.90. The molecule has 0 spiro atoms. The van der Waals surface area contributed by atoms with Gasteiger partial charge in [-0.25, -0.2) is 4.98 Å². The number of pyridine rings is 1. The van der Waals surface area contributed by atoms with E-state index in [0.717, 1.165) is 21.5 Å². The third kappa shape index (κ3) is 3.31. The molecule has 0 fully saturated rings. The minimum Gasteiger partial charge on any atom is -0.340 e. The van der Waals surface area contributed by atoms with Gasteiger partial charge in [-0.05, 0) is 48.4 Å². The van der Waals surface area contributed by atoms with Gasteiger partial charge in [0.25, 0.3) is 0 Å². The highest BCUT2D eigenvalue weighted by Gasteiger charge is 2.07. The molecule has 1 heterocycles. The minimum absolute atomic E-state index is 0.856.